The molecule has 0 fully saturated rings. The van der Waals surface area contributed by atoms with Crippen LogP contribution in [0.1, 0.15) is 0 Å². The minimum atomic E-state index is -3.97. The normalized spacial score (nSPS) is 11.2. The monoisotopic (exact) mass is 377 g/mol. The van der Waals surface area contributed by atoms with Gasteiger partial charge in [-0.1, -0.05) is 0 Å². The number of nitrogens with one attached hydrogen (secondary N) is 2. The van der Waals surface area contributed by atoms with E-state index in [-0.39, 0.29) is 22.1 Å². The second kappa shape index (κ2) is 6.92. The molecule has 2 heterocycles. The number of H-pyrrole nitrogens is 1. The van der Waals surface area contributed by atoms with Gasteiger partial charge in [-0.25, -0.2) is 5.10 Å². The molecule has 9 nitrogen and oxygen atoms in total. The highest BCUT2D eigenvalue weighted by Gasteiger charge is 2.20. The van der Waals surface area contributed by atoms with Crippen LogP contribution in [0, 0.1) is 0 Å². The fourth-order valence-electron chi connectivity index (χ4n) is 2.19. The van der Waals surface area contributed by atoms with Crippen LogP contribution in [0.4, 0.5) is 5.69 Å². The number of methoxy groups -OCH3 is 2. The number of hydrogen-bond acceptors (Lipinski definition) is 7. The number of anilines is 1. The molecule has 2 N–H and O–H groups in total. The van der Waals surface area contributed by atoms with Gasteiger partial charge in [0.2, 0.25) is 5.09 Å². The van der Waals surface area contributed by atoms with Gasteiger partial charge < -0.3 is 13.9 Å². The van der Waals surface area contributed by atoms with Gasteiger partial charge in [-0.3, -0.25) is 9.52 Å². The summed E-state index contributed by atoms with van der Waals surface area (Å²) in [7, 11) is -1.03. The smallest absolute Gasteiger partial charge is 0.295 e. The van der Waals surface area contributed by atoms with Crippen molar-refractivity contribution in [1.29, 1.82) is 0 Å². The van der Waals surface area contributed by atoms with Gasteiger partial charge in [0.1, 0.15) is 5.69 Å². The van der Waals surface area contributed by atoms with Gasteiger partial charge in [0.05, 0.1) is 19.9 Å². The van der Waals surface area contributed by atoms with Crippen molar-refractivity contribution >= 4 is 15.7 Å². The van der Waals surface area contributed by atoms with Crippen LogP contribution >= 0.6 is 0 Å². The number of ether oxygens (including phenoxy) is 2. The summed E-state index contributed by atoms with van der Waals surface area (Å²) in [6.45, 7) is 0. The Morgan fingerprint density at radius 1 is 1.04 bits per heavy atom. The molecular weight excluding hydrogens is 362 g/mol. The fourth-order valence-corrected chi connectivity index (χ4v) is 3.17. The van der Waals surface area contributed by atoms with Crippen LogP contribution in [-0.4, -0.2) is 32.8 Å². The molecule has 0 unspecified atom stereocenters. The predicted molar refractivity (Wildman–Crippen MR) is 92.9 cm³/mol. The van der Waals surface area contributed by atoms with E-state index in [4.69, 9.17) is 13.9 Å². The van der Waals surface area contributed by atoms with E-state index in [9.17, 15) is 13.2 Å². The van der Waals surface area contributed by atoms with Crippen molar-refractivity contribution in [3.8, 4) is 23.0 Å². The van der Waals surface area contributed by atoms with Crippen LogP contribution in [0.5, 0.6) is 11.5 Å². The Labute approximate surface area is 148 Å². The van der Waals surface area contributed by atoms with Crippen LogP contribution in [0.15, 0.2) is 56.8 Å². The molecule has 0 saturated carbocycles. The van der Waals surface area contributed by atoms with E-state index in [1.54, 1.807) is 6.07 Å². The van der Waals surface area contributed by atoms with E-state index in [1.165, 1.54) is 50.6 Å². The molecule has 0 saturated heterocycles. The summed E-state index contributed by atoms with van der Waals surface area (Å²) in [6, 6.07) is 10.0. The van der Waals surface area contributed by atoms with Gasteiger partial charge >= 0.3 is 0 Å². The lowest BCUT2D eigenvalue weighted by atomic mass is 10.3. The molecule has 0 aliphatic carbocycles. The number of rotatable bonds is 6. The molecule has 3 rings (SSSR count). The van der Waals surface area contributed by atoms with E-state index < -0.39 is 10.0 Å². The summed E-state index contributed by atoms with van der Waals surface area (Å²) in [5.41, 5.74) is 0.211. The first-order chi connectivity index (χ1) is 12.4. The SMILES string of the molecule is COc1ccc(NS(=O)(=O)c2ccc(-c3ccc(=O)[nH]n3)o2)cc1OC. The summed E-state index contributed by atoms with van der Waals surface area (Å²) >= 11 is 0. The molecule has 3 aromatic rings. The molecule has 136 valence electrons. The zero-order chi connectivity index (χ0) is 18.7. The lowest BCUT2D eigenvalue weighted by Crippen LogP contribution is -2.12. The number of nitrogens with zero attached hydrogens (tertiary/aromatic N) is 1. The minimum Gasteiger partial charge on any atom is -0.493 e. The number of benzene rings is 1. The third kappa shape index (κ3) is 3.54. The van der Waals surface area contributed by atoms with Crippen molar-refractivity contribution in [2.75, 3.05) is 18.9 Å². The van der Waals surface area contributed by atoms with Gasteiger partial charge in [-0.05, 0) is 30.3 Å². The second-order valence-corrected chi connectivity index (χ2v) is 6.71. The second-order valence-electron chi connectivity index (χ2n) is 5.10. The summed E-state index contributed by atoms with van der Waals surface area (Å²) in [5, 5.41) is 5.75. The largest absolute Gasteiger partial charge is 0.493 e. The van der Waals surface area contributed by atoms with Crippen molar-refractivity contribution in [2.45, 2.75) is 5.09 Å². The van der Waals surface area contributed by atoms with Gasteiger partial charge in [0, 0.05) is 12.1 Å². The van der Waals surface area contributed by atoms with Crippen molar-refractivity contribution in [2.24, 2.45) is 0 Å². The summed E-state index contributed by atoms with van der Waals surface area (Å²) in [5.74, 6) is 1.05. The zero-order valence-electron chi connectivity index (χ0n) is 13.8. The maximum atomic E-state index is 12.5. The molecule has 0 atom stereocenters. The molecule has 0 aliphatic rings. The third-order valence-corrected chi connectivity index (χ3v) is 4.67. The quantitative estimate of drug-likeness (QED) is 0.672. The zero-order valence-corrected chi connectivity index (χ0v) is 14.7. The number of sulfonamides is 1. The predicted octanol–water partition coefficient (Wildman–Crippen LogP) is 1.85. The molecule has 0 spiro atoms. The Morgan fingerprint density at radius 2 is 1.81 bits per heavy atom. The van der Waals surface area contributed by atoms with Crippen LogP contribution in [-0.2, 0) is 10.0 Å². The molecule has 0 aliphatic heterocycles. The van der Waals surface area contributed by atoms with Crippen molar-refractivity contribution < 1.29 is 22.3 Å². The summed E-state index contributed by atoms with van der Waals surface area (Å²) < 4.78 is 43.0. The van der Waals surface area contributed by atoms with Crippen molar-refractivity contribution in [3.05, 3.63) is 52.8 Å². The van der Waals surface area contributed by atoms with Gasteiger partial charge in [-0.2, -0.15) is 13.5 Å². The fraction of sp³-hybridized carbons (Fsp3) is 0.125. The Hall–Kier alpha value is -3.27. The molecule has 10 heteroatoms. The van der Waals surface area contributed by atoms with Crippen LogP contribution < -0.4 is 19.8 Å². The lowest BCUT2D eigenvalue weighted by molar-refractivity contribution is 0.355. The molecule has 2 aromatic heterocycles. The molecular formula is C16H15N3O6S. The Morgan fingerprint density at radius 3 is 2.46 bits per heavy atom. The van der Waals surface area contributed by atoms with Crippen molar-refractivity contribution in [3.63, 3.8) is 0 Å². The van der Waals surface area contributed by atoms with Crippen LogP contribution in [0.25, 0.3) is 11.5 Å². The highest BCUT2D eigenvalue weighted by atomic mass is 32.2. The minimum absolute atomic E-state index is 0.203. The maximum Gasteiger partial charge on any atom is 0.295 e. The summed E-state index contributed by atoms with van der Waals surface area (Å²) in [6.07, 6.45) is 0. The standard InChI is InChI=1S/C16H15N3O6S/c1-23-13-5-3-10(9-14(13)24-2)19-26(21,22)16-8-6-12(25-16)11-4-7-15(20)18-17-11/h3-9,19H,1-2H3,(H,18,20). The molecule has 26 heavy (non-hydrogen) atoms. The first kappa shape index (κ1) is 17.5. The number of aromatic nitrogens is 2. The Kier molecular flexibility index (Phi) is 4.67. The molecule has 0 bridgehead atoms. The Bertz CT molecular complexity index is 1070. The van der Waals surface area contributed by atoms with E-state index in [0.29, 0.717) is 17.2 Å². The van der Waals surface area contributed by atoms with E-state index in [0.717, 1.165) is 0 Å². The number of furan rings is 1. The van der Waals surface area contributed by atoms with E-state index in [1.807, 2.05) is 0 Å². The highest BCUT2D eigenvalue weighted by molar-refractivity contribution is 7.92. The van der Waals surface area contributed by atoms with Gasteiger partial charge in [0.15, 0.2) is 17.3 Å². The topological polar surface area (TPSA) is 124 Å². The van der Waals surface area contributed by atoms with Crippen molar-refractivity contribution in [1.82, 2.24) is 10.2 Å². The summed E-state index contributed by atoms with van der Waals surface area (Å²) in [4.78, 5) is 11.0. The van der Waals surface area contributed by atoms with E-state index >= 15 is 0 Å². The third-order valence-electron chi connectivity index (χ3n) is 3.41. The maximum absolute atomic E-state index is 12.5. The van der Waals surface area contributed by atoms with E-state index in [2.05, 4.69) is 14.9 Å². The first-order valence-electron chi connectivity index (χ1n) is 7.34. The average molecular weight is 377 g/mol. The molecule has 0 amide bonds. The first-order valence-corrected chi connectivity index (χ1v) is 8.82. The number of aromatic amines is 1. The van der Waals surface area contributed by atoms with Crippen LogP contribution in [0.2, 0.25) is 0 Å². The van der Waals surface area contributed by atoms with Gasteiger partial charge in [0.25, 0.3) is 15.6 Å². The molecule has 1 aromatic carbocycles. The number of hydrogen-bond donors (Lipinski definition) is 2. The van der Waals surface area contributed by atoms with Gasteiger partial charge in [-0.15, -0.1) is 0 Å². The Balaban J connectivity index is 1.87. The molecule has 0 radical (unpaired) electrons. The average Bonchev–Trinajstić information content (AvgIpc) is 3.13. The lowest BCUT2D eigenvalue weighted by Gasteiger charge is -2.10. The highest BCUT2D eigenvalue weighted by Crippen LogP contribution is 2.31. The van der Waals surface area contributed by atoms with Crippen LogP contribution in [0.3, 0.4) is 0 Å².